The van der Waals surface area contributed by atoms with Crippen LogP contribution in [0.3, 0.4) is 0 Å². The van der Waals surface area contributed by atoms with E-state index < -0.39 is 5.41 Å². The monoisotopic (exact) mass is 842 g/mol. The van der Waals surface area contributed by atoms with Crippen molar-refractivity contribution in [2.45, 2.75) is 24.7 Å². The lowest BCUT2D eigenvalue weighted by Crippen LogP contribution is -2.26. The van der Waals surface area contributed by atoms with E-state index in [2.05, 4.69) is 266 Å². The fraction of sp³-hybridized carbons (Fsp3) is 0.0625. The highest BCUT2D eigenvalue weighted by molar-refractivity contribution is 5.98. The topological polar surface area (TPSA) is 6.48 Å². The second-order valence-corrected chi connectivity index (χ2v) is 18.5. The van der Waals surface area contributed by atoms with Crippen molar-refractivity contribution in [3.05, 3.63) is 276 Å². The lowest BCUT2D eigenvalue weighted by molar-refractivity contribution is 0.660. The third kappa shape index (κ3) is 5.55. The molecule has 1 atom stereocenters. The van der Waals surface area contributed by atoms with E-state index in [0.717, 1.165) is 34.1 Å². The summed E-state index contributed by atoms with van der Waals surface area (Å²) in [5.74, 6) is 0. The van der Waals surface area contributed by atoms with Crippen molar-refractivity contribution < 1.29 is 0 Å². The van der Waals surface area contributed by atoms with Crippen molar-refractivity contribution in [3.63, 3.8) is 0 Å². The van der Waals surface area contributed by atoms with Gasteiger partial charge in [0.05, 0.1) is 5.41 Å². The number of hydrogen-bond donors (Lipinski definition) is 0. The quantitative estimate of drug-likeness (QED) is 0.158. The third-order valence-electron chi connectivity index (χ3n) is 14.6. The summed E-state index contributed by atoms with van der Waals surface area (Å²) >= 11 is 0. The lowest BCUT2D eigenvalue weighted by atomic mass is 9.70. The Morgan fingerprint density at radius 2 is 0.621 bits per heavy atom. The highest BCUT2D eigenvalue weighted by atomic mass is 15.1. The van der Waals surface area contributed by atoms with Crippen molar-refractivity contribution in [1.82, 2.24) is 0 Å². The first kappa shape index (κ1) is 38.3. The number of nitrogens with zero attached hydrogens (tertiary/aromatic N) is 2. The number of anilines is 6. The van der Waals surface area contributed by atoms with Crippen LogP contribution in [0.25, 0.3) is 44.5 Å². The minimum absolute atomic E-state index is 0.0903. The van der Waals surface area contributed by atoms with E-state index in [9.17, 15) is 0 Å². The van der Waals surface area contributed by atoms with Gasteiger partial charge < -0.3 is 9.80 Å². The van der Waals surface area contributed by atoms with Crippen molar-refractivity contribution in [3.8, 4) is 44.5 Å². The van der Waals surface area contributed by atoms with Crippen LogP contribution in [0.1, 0.15) is 47.2 Å². The summed E-state index contributed by atoms with van der Waals surface area (Å²) in [5, 5.41) is 0. The van der Waals surface area contributed by atoms with Crippen LogP contribution in [0.5, 0.6) is 0 Å². The van der Waals surface area contributed by atoms with Gasteiger partial charge in [-0.15, -0.1) is 0 Å². The van der Waals surface area contributed by atoms with Gasteiger partial charge in [0.25, 0.3) is 0 Å². The number of para-hydroxylation sites is 2. The fourth-order valence-electron chi connectivity index (χ4n) is 11.7. The van der Waals surface area contributed by atoms with Gasteiger partial charge in [0.15, 0.2) is 0 Å². The molecule has 10 aromatic carbocycles. The Morgan fingerprint density at radius 1 is 0.242 bits per heavy atom. The molecule has 0 aromatic heterocycles. The molecule has 3 aliphatic rings. The molecule has 2 heteroatoms. The van der Waals surface area contributed by atoms with Gasteiger partial charge in [0.1, 0.15) is 0 Å². The summed E-state index contributed by atoms with van der Waals surface area (Å²) in [5.41, 5.74) is 24.2. The van der Waals surface area contributed by atoms with Crippen LogP contribution < -0.4 is 9.80 Å². The Hall–Kier alpha value is -8.20. The first-order valence-electron chi connectivity index (χ1n) is 23.1. The van der Waals surface area contributed by atoms with Crippen molar-refractivity contribution in [2.75, 3.05) is 9.80 Å². The van der Waals surface area contributed by atoms with Gasteiger partial charge in [-0.1, -0.05) is 184 Å². The van der Waals surface area contributed by atoms with Crippen LogP contribution in [-0.2, 0) is 10.8 Å². The van der Waals surface area contributed by atoms with E-state index in [1.807, 2.05) is 0 Å². The summed E-state index contributed by atoms with van der Waals surface area (Å²) in [6.07, 6.45) is 0. The molecule has 3 aliphatic carbocycles. The van der Waals surface area contributed by atoms with Gasteiger partial charge in [-0.2, -0.15) is 0 Å². The van der Waals surface area contributed by atoms with E-state index in [0.29, 0.717) is 0 Å². The summed E-state index contributed by atoms with van der Waals surface area (Å²) in [4.78, 5) is 4.88. The number of hydrogen-bond acceptors (Lipinski definition) is 2. The molecule has 10 aromatic rings. The molecule has 1 spiro atoms. The zero-order valence-corrected chi connectivity index (χ0v) is 37.0. The van der Waals surface area contributed by atoms with Crippen LogP contribution in [0, 0.1) is 0 Å². The van der Waals surface area contributed by atoms with Gasteiger partial charge >= 0.3 is 0 Å². The van der Waals surface area contributed by atoms with Crippen molar-refractivity contribution in [2.24, 2.45) is 0 Å². The average Bonchev–Trinajstić information content (AvgIpc) is 3.93. The van der Waals surface area contributed by atoms with Crippen LogP contribution in [0.4, 0.5) is 34.1 Å². The average molecular weight is 843 g/mol. The maximum Gasteiger partial charge on any atom is 0.0727 e. The molecule has 66 heavy (non-hydrogen) atoms. The molecule has 2 nitrogen and oxygen atoms in total. The molecular weight excluding hydrogens is 797 g/mol. The van der Waals surface area contributed by atoms with E-state index in [1.165, 1.54) is 77.9 Å². The first-order chi connectivity index (χ1) is 32.5. The molecule has 0 aliphatic heterocycles. The molecule has 13 rings (SSSR count). The highest BCUT2D eigenvalue weighted by Gasteiger charge is 2.52. The second kappa shape index (κ2) is 14.7. The first-order valence-corrected chi connectivity index (χ1v) is 23.1. The fourth-order valence-corrected chi connectivity index (χ4v) is 11.7. The lowest BCUT2D eigenvalue weighted by Gasteiger charge is -2.33. The molecule has 0 N–H and O–H groups in total. The van der Waals surface area contributed by atoms with Gasteiger partial charge in [0.2, 0.25) is 0 Å². The Bertz CT molecular complexity index is 3460. The molecule has 0 saturated carbocycles. The summed E-state index contributed by atoms with van der Waals surface area (Å²) in [6.45, 7) is 4.72. The standard InChI is InChI=1S/C64H46N2/c1-63(2)57-30-15-12-29-53(57)56-40-48(35-38-58(56)63)66(47-26-18-21-44(39-47)43-19-6-3-7-20-43)50-34-37-55-52-28-14-17-32-60(52)64(62(55)42-50)59-31-16-13-27-51(59)54-36-33-49(41-61(54)64)65(45-22-8-4-9-23-45)46-24-10-5-11-25-46/h3-42H,1-2H3. The minimum atomic E-state index is -0.568. The summed E-state index contributed by atoms with van der Waals surface area (Å²) in [6, 6.07) is 90.1. The molecule has 1 unspecified atom stereocenters. The molecular formula is C64H46N2. The SMILES string of the molecule is CC1(C)c2ccccc2-c2cc(N(c3cccc(-c4ccccc4)c3)c3ccc4c(c3)C3(c5ccccc5-c5ccc(N(c6ccccc6)c6ccccc6)cc53)c3ccccc3-4)ccc21. The highest BCUT2D eigenvalue weighted by Crippen LogP contribution is 2.64. The maximum absolute atomic E-state index is 2.51. The Morgan fingerprint density at radius 3 is 1.20 bits per heavy atom. The number of benzene rings is 10. The largest absolute Gasteiger partial charge is 0.310 e. The molecule has 0 fully saturated rings. The predicted octanol–water partition coefficient (Wildman–Crippen LogP) is 16.9. The van der Waals surface area contributed by atoms with Crippen molar-refractivity contribution >= 4 is 34.1 Å². The van der Waals surface area contributed by atoms with Crippen LogP contribution >= 0.6 is 0 Å². The van der Waals surface area contributed by atoms with Gasteiger partial charge in [-0.05, 0) is 151 Å². The Balaban J connectivity index is 1.06. The maximum atomic E-state index is 2.51. The zero-order valence-electron chi connectivity index (χ0n) is 37.0. The second-order valence-electron chi connectivity index (χ2n) is 18.5. The molecule has 0 heterocycles. The number of fused-ring (bicyclic) bond motifs is 13. The van der Waals surface area contributed by atoms with Gasteiger partial charge in [-0.3, -0.25) is 0 Å². The summed E-state index contributed by atoms with van der Waals surface area (Å²) < 4.78 is 0. The molecule has 0 amide bonds. The van der Waals surface area contributed by atoms with Gasteiger partial charge in [0, 0.05) is 39.5 Å². The third-order valence-corrected chi connectivity index (χ3v) is 14.6. The van der Waals surface area contributed by atoms with E-state index in [1.54, 1.807) is 0 Å². The number of rotatable bonds is 7. The smallest absolute Gasteiger partial charge is 0.0727 e. The molecule has 0 radical (unpaired) electrons. The van der Waals surface area contributed by atoms with E-state index in [-0.39, 0.29) is 5.41 Å². The predicted molar refractivity (Wildman–Crippen MR) is 275 cm³/mol. The normalized spacial score (nSPS) is 15.3. The van der Waals surface area contributed by atoms with Crippen LogP contribution in [-0.4, -0.2) is 0 Å². The zero-order chi connectivity index (χ0) is 44.0. The van der Waals surface area contributed by atoms with Crippen LogP contribution in [0.2, 0.25) is 0 Å². The van der Waals surface area contributed by atoms with E-state index in [4.69, 9.17) is 0 Å². The summed E-state index contributed by atoms with van der Waals surface area (Å²) in [7, 11) is 0. The molecule has 0 bridgehead atoms. The minimum Gasteiger partial charge on any atom is -0.310 e. The van der Waals surface area contributed by atoms with Crippen LogP contribution in [0.15, 0.2) is 243 Å². The Labute approximate surface area is 387 Å². The van der Waals surface area contributed by atoms with Crippen molar-refractivity contribution in [1.29, 1.82) is 0 Å². The Kier molecular flexibility index (Phi) is 8.51. The molecule has 0 saturated heterocycles. The van der Waals surface area contributed by atoms with Gasteiger partial charge in [-0.25, -0.2) is 0 Å². The van der Waals surface area contributed by atoms with E-state index >= 15 is 0 Å². The molecule has 312 valence electrons.